The number of aryl methyl sites for hydroxylation is 2. The maximum Gasteiger partial charge on any atom is 0.267 e. The first-order valence-corrected chi connectivity index (χ1v) is 10.8. The lowest BCUT2D eigenvalue weighted by atomic mass is 9.91. The molecule has 3 heterocycles. The van der Waals surface area contributed by atoms with E-state index in [-0.39, 0.29) is 23.2 Å². The minimum absolute atomic E-state index is 0.0261. The Balaban J connectivity index is 1.31. The van der Waals surface area contributed by atoms with E-state index in [9.17, 15) is 9.59 Å². The Kier molecular flexibility index (Phi) is 4.84. The van der Waals surface area contributed by atoms with Gasteiger partial charge in [-0.15, -0.1) is 0 Å². The molecular weight excluding hydrogens is 380 g/mol. The Morgan fingerprint density at radius 1 is 1.10 bits per heavy atom. The van der Waals surface area contributed by atoms with Gasteiger partial charge < -0.3 is 5.32 Å². The number of aromatic nitrogens is 5. The summed E-state index contributed by atoms with van der Waals surface area (Å²) in [5.74, 6) is 0.563. The quantitative estimate of drug-likeness (QED) is 0.718. The summed E-state index contributed by atoms with van der Waals surface area (Å²) in [5, 5.41) is 8.73. The lowest BCUT2D eigenvalue weighted by Crippen LogP contribution is -2.35. The van der Waals surface area contributed by atoms with Crippen molar-refractivity contribution in [3.05, 3.63) is 56.5 Å². The molecule has 1 N–H and O–H groups in total. The molecule has 0 bridgehead atoms. The molecule has 30 heavy (non-hydrogen) atoms. The first kappa shape index (κ1) is 19.0. The fourth-order valence-electron chi connectivity index (χ4n) is 4.74. The summed E-state index contributed by atoms with van der Waals surface area (Å²) in [4.78, 5) is 33.9. The molecule has 0 unspecified atom stereocenters. The average Bonchev–Trinajstić information content (AvgIpc) is 2.77. The van der Waals surface area contributed by atoms with Gasteiger partial charge in [0.2, 0.25) is 5.95 Å². The van der Waals surface area contributed by atoms with Crippen LogP contribution in [0.5, 0.6) is 0 Å². The number of hydrogen-bond donors (Lipinski definition) is 1. The van der Waals surface area contributed by atoms with Crippen LogP contribution in [0.2, 0.25) is 0 Å². The third-order valence-electron chi connectivity index (χ3n) is 6.49. The number of pyridine rings is 1. The zero-order chi connectivity index (χ0) is 20.7. The molecule has 5 rings (SSSR count). The topological polar surface area (TPSA) is 94.7 Å². The van der Waals surface area contributed by atoms with E-state index < -0.39 is 0 Å². The number of nitrogens with one attached hydrogen (secondary N) is 1. The monoisotopic (exact) mass is 406 g/mol. The van der Waals surface area contributed by atoms with Crippen LogP contribution in [0.25, 0.3) is 10.9 Å². The van der Waals surface area contributed by atoms with Gasteiger partial charge >= 0.3 is 0 Å². The van der Waals surface area contributed by atoms with Crippen LogP contribution >= 0.6 is 0 Å². The van der Waals surface area contributed by atoms with Crippen molar-refractivity contribution in [2.24, 2.45) is 7.05 Å². The minimum atomic E-state index is -0.0802. The predicted octanol–water partition coefficient (Wildman–Crippen LogP) is 2.36. The normalized spacial score (nSPS) is 21.4. The van der Waals surface area contributed by atoms with Gasteiger partial charge in [-0.25, -0.2) is 9.67 Å². The highest BCUT2D eigenvalue weighted by atomic mass is 16.1. The zero-order valence-electron chi connectivity index (χ0n) is 17.2. The van der Waals surface area contributed by atoms with Crippen LogP contribution in [0.15, 0.2) is 34.1 Å². The lowest BCUT2D eigenvalue weighted by molar-refractivity contribution is 0.299. The molecule has 2 aliphatic carbocycles. The lowest BCUT2D eigenvalue weighted by Gasteiger charge is -2.30. The van der Waals surface area contributed by atoms with Crippen molar-refractivity contribution in [2.75, 3.05) is 5.32 Å². The van der Waals surface area contributed by atoms with Crippen LogP contribution in [-0.4, -0.2) is 30.4 Å². The molecule has 0 atom stereocenters. The van der Waals surface area contributed by atoms with Gasteiger partial charge in [0.25, 0.3) is 11.1 Å². The summed E-state index contributed by atoms with van der Waals surface area (Å²) in [5.41, 5.74) is 2.78. The third kappa shape index (κ3) is 3.40. The molecule has 0 amide bonds. The van der Waals surface area contributed by atoms with Crippen molar-refractivity contribution in [1.82, 2.24) is 24.3 Å². The van der Waals surface area contributed by atoms with Crippen molar-refractivity contribution < 1.29 is 0 Å². The maximum atomic E-state index is 12.6. The Bertz CT molecular complexity index is 1210. The zero-order valence-corrected chi connectivity index (χ0v) is 17.2. The third-order valence-corrected chi connectivity index (χ3v) is 6.49. The molecule has 2 aliphatic rings. The summed E-state index contributed by atoms with van der Waals surface area (Å²) in [7, 11) is 1.74. The van der Waals surface area contributed by atoms with Gasteiger partial charge in [0, 0.05) is 25.4 Å². The standard InChI is InChI=1S/C22H26N6O2/c1-27-21(30)17-10-11-23-13-19(17)25-22(27)24-15-6-8-16(9-7-15)28-20(29)12-14-4-2-3-5-18(14)26-28/h10-13,15-16H,2-9H2,1H3,(H,24,25). The molecule has 3 aromatic rings. The largest absolute Gasteiger partial charge is 0.353 e. The molecular formula is C22H26N6O2. The summed E-state index contributed by atoms with van der Waals surface area (Å²) < 4.78 is 3.28. The van der Waals surface area contributed by atoms with Crippen LogP contribution in [0.1, 0.15) is 55.8 Å². The van der Waals surface area contributed by atoms with E-state index in [4.69, 9.17) is 5.10 Å². The predicted molar refractivity (Wildman–Crippen MR) is 115 cm³/mol. The van der Waals surface area contributed by atoms with Gasteiger partial charge in [-0.3, -0.25) is 19.1 Å². The second kappa shape index (κ2) is 7.66. The highest BCUT2D eigenvalue weighted by Gasteiger charge is 2.26. The van der Waals surface area contributed by atoms with Gasteiger partial charge in [0.1, 0.15) is 0 Å². The summed E-state index contributed by atoms with van der Waals surface area (Å²) >= 11 is 0. The molecule has 1 saturated carbocycles. The van der Waals surface area contributed by atoms with Crippen LogP contribution in [-0.2, 0) is 19.9 Å². The maximum absolute atomic E-state index is 12.6. The molecule has 8 heteroatoms. The molecule has 8 nitrogen and oxygen atoms in total. The Morgan fingerprint density at radius 3 is 2.73 bits per heavy atom. The minimum Gasteiger partial charge on any atom is -0.353 e. The first-order chi connectivity index (χ1) is 14.6. The van der Waals surface area contributed by atoms with Crippen LogP contribution in [0.3, 0.4) is 0 Å². The van der Waals surface area contributed by atoms with E-state index in [1.54, 1.807) is 40.8 Å². The second-order valence-corrected chi connectivity index (χ2v) is 8.45. The number of nitrogens with zero attached hydrogens (tertiary/aromatic N) is 5. The molecule has 0 radical (unpaired) electrons. The Hall–Kier alpha value is -3.03. The smallest absolute Gasteiger partial charge is 0.267 e. The van der Waals surface area contributed by atoms with Gasteiger partial charge in [0.15, 0.2) is 0 Å². The highest BCUT2D eigenvalue weighted by Crippen LogP contribution is 2.29. The average molecular weight is 406 g/mol. The van der Waals surface area contributed by atoms with E-state index in [1.807, 2.05) is 0 Å². The van der Waals surface area contributed by atoms with Crippen molar-refractivity contribution in [3.8, 4) is 0 Å². The molecule has 3 aromatic heterocycles. The molecule has 1 fully saturated rings. The van der Waals surface area contributed by atoms with E-state index in [2.05, 4.69) is 15.3 Å². The van der Waals surface area contributed by atoms with Gasteiger partial charge in [0.05, 0.1) is 28.8 Å². The van der Waals surface area contributed by atoms with E-state index in [0.717, 1.165) is 62.6 Å². The molecule has 156 valence electrons. The highest BCUT2D eigenvalue weighted by molar-refractivity contribution is 5.77. The second-order valence-electron chi connectivity index (χ2n) is 8.45. The van der Waals surface area contributed by atoms with Crippen molar-refractivity contribution in [3.63, 3.8) is 0 Å². The van der Waals surface area contributed by atoms with E-state index in [1.165, 1.54) is 0 Å². The van der Waals surface area contributed by atoms with E-state index >= 15 is 0 Å². The molecule has 0 aliphatic heterocycles. The summed E-state index contributed by atoms with van der Waals surface area (Å²) in [6.45, 7) is 0. The van der Waals surface area contributed by atoms with Gasteiger partial charge in [-0.05, 0) is 63.0 Å². The SMILES string of the molecule is Cn1c(NC2CCC(n3nc4c(cc3=O)CCCC4)CC2)nc2cnccc2c1=O. The van der Waals surface area contributed by atoms with Crippen molar-refractivity contribution in [2.45, 2.75) is 63.5 Å². The first-order valence-electron chi connectivity index (χ1n) is 10.8. The molecule has 0 saturated heterocycles. The Labute approximate surface area is 174 Å². The number of anilines is 1. The fraction of sp³-hybridized carbons (Fsp3) is 0.500. The Morgan fingerprint density at radius 2 is 1.90 bits per heavy atom. The van der Waals surface area contributed by atoms with E-state index in [0.29, 0.717) is 16.9 Å². The molecule has 0 aromatic carbocycles. The molecule has 0 spiro atoms. The summed E-state index contributed by atoms with van der Waals surface area (Å²) in [6.07, 6.45) is 11.0. The van der Waals surface area contributed by atoms with Crippen molar-refractivity contribution >= 4 is 16.9 Å². The number of hydrogen-bond acceptors (Lipinski definition) is 6. The van der Waals surface area contributed by atoms with Crippen LogP contribution in [0.4, 0.5) is 5.95 Å². The fourth-order valence-corrected chi connectivity index (χ4v) is 4.74. The summed E-state index contributed by atoms with van der Waals surface area (Å²) in [6, 6.07) is 3.85. The van der Waals surface area contributed by atoms with Gasteiger partial charge in [-0.2, -0.15) is 5.10 Å². The van der Waals surface area contributed by atoms with Crippen LogP contribution in [0, 0.1) is 0 Å². The number of rotatable bonds is 3. The van der Waals surface area contributed by atoms with Crippen molar-refractivity contribution in [1.29, 1.82) is 0 Å². The van der Waals surface area contributed by atoms with Gasteiger partial charge in [-0.1, -0.05) is 0 Å². The number of fused-ring (bicyclic) bond motifs is 2. The van der Waals surface area contributed by atoms with Crippen LogP contribution < -0.4 is 16.4 Å².